The summed E-state index contributed by atoms with van der Waals surface area (Å²) in [5, 5.41) is 4.87. The van der Waals surface area contributed by atoms with Gasteiger partial charge in [0.15, 0.2) is 11.6 Å². The molecule has 1 aromatic carbocycles. The van der Waals surface area contributed by atoms with Crippen molar-refractivity contribution in [2.45, 2.75) is 13.5 Å². The summed E-state index contributed by atoms with van der Waals surface area (Å²) in [5.41, 5.74) is 1.39. The van der Waals surface area contributed by atoms with Crippen molar-refractivity contribution < 1.29 is 8.78 Å². The summed E-state index contributed by atoms with van der Waals surface area (Å²) < 4.78 is 27.2. The third-order valence-electron chi connectivity index (χ3n) is 2.59. The molecule has 0 bridgehead atoms. The lowest BCUT2D eigenvalue weighted by Gasteiger charge is -2.03. The smallest absolute Gasteiger partial charge is 0.166 e. The second-order valence-electron chi connectivity index (χ2n) is 3.89. The number of rotatable bonds is 3. The predicted molar refractivity (Wildman–Crippen MR) is 67.2 cm³/mol. The standard InChI is InChI=1S/C13H13F2NS/c1-8-3-4-11(13(15)12(8)14)9-5-10(6-16-2)17-7-9/h3-5,7,16H,6H2,1-2H3. The maximum atomic E-state index is 13.8. The number of hydrogen-bond acceptors (Lipinski definition) is 2. The molecule has 1 nitrogen and oxygen atoms in total. The molecule has 0 atom stereocenters. The van der Waals surface area contributed by atoms with Crippen LogP contribution in [0.1, 0.15) is 10.4 Å². The van der Waals surface area contributed by atoms with E-state index in [1.165, 1.54) is 11.3 Å². The molecule has 0 radical (unpaired) electrons. The lowest BCUT2D eigenvalue weighted by atomic mass is 10.1. The van der Waals surface area contributed by atoms with Gasteiger partial charge >= 0.3 is 0 Å². The Hall–Kier alpha value is -1.26. The summed E-state index contributed by atoms with van der Waals surface area (Å²) in [5.74, 6) is -1.53. The lowest BCUT2D eigenvalue weighted by Crippen LogP contribution is -2.02. The maximum absolute atomic E-state index is 13.8. The molecule has 17 heavy (non-hydrogen) atoms. The van der Waals surface area contributed by atoms with E-state index in [-0.39, 0.29) is 0 Å². The third kappa shape index (κ3) is 2.37. The summed E-state index contributed by atoms with van der Waals surface area (Å²) in [6, 6.07) is 5.11. The van der Waals surface area contributed by atoms with Gasteiger partial charge in [0.05, 0.1) is 0 Å². The monoisotopic (exact) mass is 253 g/mol. The van der Waals surface area contributed by atoms with Crippen LogP contribution in [0.15, 0.2) is 23.6 Å². The number of aryl methyl sites for hydroxylation is 1. The van der Waals surface area contributed by atoms with Crippen molar-refractivity contribution in [2.24, 2.45) is 0 Å². The van der Waals surface area contributed by atoms with Gasteiger partial charge in [0.1, 0.15) is 0 Å². The second-order valence-corrected chi connectivity index (χ2v) is 4.89. The molecule has 0 unspecified atom stereocenters. The molecule has 90 valence electrons. The molecule has 0 aliphatic rings. The first-order chi connectivity index (χ1) is 8.13. The van der Waals surface area contributed by atoms with Crippen LogP contribution in [-0.4, -0.2) is 7.05 Å². The highest BCUT2D eigenvalue weighted by atomic mass is 32.1. The molecule has 0 saturated heterocycles. The van der Waals surface area contributed by atoms with Gasteiger partial charge in [0.2, 0.25) is 0 Å². The topological polar surface area (TPSA) is 12.0 Å². The van der Waals surface area contributed by atoms with E-state index in [1.54, 1.807) is 19.1 Å². The first-order valence-corrected chi connectivity index (χ1v) is 6.18. The fraction of sp³-hybridized carbons (Fsp3) is 0.231. The second kappa shape index (κ2) is 4.94. The van der Waals surface area contributed by atoms with Crippen LogP contribution in [0, 0.1) is 18.6 Å². The predicted octanol–water partition coefficient (Wildman–Crippen LogP) is 3.72. The third-order valence-corrected chi connectivity index (χ3v) is 3.53. The van der Waals surface area contributed by atoms with E-state index in [1.807, 2.05) is 18.5 Å². The molecule has 1 heterocycles. The fourth-order valence-corrected chi connectivity index (χ4v) is 2.55. The highest BCUT2D eigenvalue weighted by Gasteiger charge is 2.13. The zero-order valence-corrected chi connectivity index (χ0v) is 10.5. The van der Waals surface area contributed by atoms with Gasteiger partial charge in [0.25, 0.3) is 0 Å². The first-order valence-electron chi connectivity index (χ1n) is 5.30. The summed E-state index contributed by atoms with van der Waals surface area (Å²) in [6.45, 7) is 2.29. The van der Waals surface area contributed by atoms with Crippen molar-refractivity contribution in [3.63, 3.8) is 0 Å². The Morgan fingerprint density at radius 2 is 2.00 bits per heavy atom. The highest BCUT2D eigenvalue weighted by molar-refractivity contribution is 7.10. The Kier molecular flexibility index (Phi) is 3.54. The first kappa shape index (κ1) is 12.2. The van der Waals surface area contributed by atoms with Crippen LogP contribution in [0.4, 0.5) is 8.78 Å². The zero-order chi connectivity index (χ0) is 12.4. The van der Waals surface area contributed by atoms with Crippen molar-refractivity contribution >= 4 is 11.3 Å². The fourth-order valence-electron chi connectivity index (χ4n) is 1.66. The van der Waals surface area contributed by atoms with E-state index in [4.69, 9.17) is 0 Å². The highest BCUT2D eigenvalue weighted by Crippen LogP contribution is 2.29. The molecule has 2 rings (SSSR count). The van der Waals surface area contributed by atoms with E-state index in [0.717, 1.165) is 17.0 Å². The Balaban J connectivity index is 2.42. The van der Waals surface area contributed by atoms with Crippen LogP contribution in [0.2, 0.25) is 0 Å². The van der Waals surface area contributed by atoms with Gasteiger partial charge in [-0.25, -0.2) is 8.78 Å². The van der Waals surface area contributed by atoms with Gasteiger partial charge in [0, 0.05) is 17.0 Å². The van der Waals surface area contributed by atoms with E-state index >= 15 is 0 Å². The minimum absolute atomic E-state index is 0.326. The van der Waals surface area contributed by atoms with Gasteiger partial charge in [-0.15, -0.1) is 11.3 Å². The molecule has 4 heteroatoms. The van der Waals surface area contributed by atoms with Crippen molar-refractivity contribution in [3.05, 3.63) is 45.7 Å². The van der Waals surface area contributed by atoms with Gasteiger partial charge < -0.3 is 5.32 Å². The molecule has 0 amide bonds. The van der Waals surface area contributed by atoms with Crippen LogP contribution in [0.25, 0.3) is 11.1 Å². The number of benzene rings is 1. The van der Waals surface area contributed by atoms with Crippen LogP contribution in [-0.2, 0) is 6.54 Å². The Bertz CT molecular complexity index is 534. The van der Waals surface area contributed by atoms with E-state index in [9.17, 15) is 8.78 Å². The Labute approximate surface area is 103 Å². The quantitative estimate of drug-likeness (QED) is 0.879. The molecule has 1 aromatic heterocycles. The molecule has 0 spiro atoms. The minimum atomic E-state index is -0.765. The molecule has 0 aliphatic heterocycles. The minimum Gasteiger partial charge on any atom is -0.315 e. The normalized spacial score (nSPS) is 10.8. The number of hydrogen-bond donors (Lipinski definition) is 1. The van der Waals surface area contributed by atoms with Crippen LogP contribution in [0.3, 0.4) is 0 Å². The molecule has 0 fully saturated rings. The van der Waals surface area contributed by atoms with Crippen molar-refractivity contribution in [3.8, 4) is 11.1 Å². The summed E-state index contributed by atoms with van der Waals surface area (Å²) in [4.78, 5) is 1.10. The number of halogens is 2. The van der Waals surface area contributed by atoms with Gasteiger partial charge in [-0.2, -0.15) is 0 Å². The average Bonchev–Trinajstić information content (AvgIpc) is 2.75. The molecule has 0 aliphatic carbocycles. The van der Waals surface area contributed by atoms with Crippen LogP contribution < -0.4 is 5.32 Å². The molecular formula is C13H13F2NS. The van der Waals surface area contributed by atoms with Gasteiger partial charge in [-0.3, -0.25) is 0 Å². The Morgan fingerprint density at radius 3 is 2.71 bits per heavy atom. The van der Waals surface area contributed by atoms with Gasteiger partial charge in [-0.1, -0.05) is 12.1 Å². The largest absolute Gasteiger partial charge is 0.315 e. The average molecular weight is 253 g/mol. The maximum Gasteiger partial charge on any atom is 0.166 e. The summed E-state index contributed by atoms with van der Waals surface area (Å²) in [6.07, 6.45) is 0. The van der Waals surface area contributed by atoms with E-state index < -0.39 is 11.6 Å². The van der Waals surface area contributed by atoms with Crippen molar-refractivity contribution in [2.75, 3.05) is 7.05 Å². The van der Waals surface area contributed by atoms with Crippen molar-refractivity contribution in [1.29, 1.82) is 0 Å². The summed E-state index contributed by atoms with van der Waals surface area (Å²) in [7, 11) is 1.85. The molecule has 1 N–H and O–H groups in total. The number of nitrogens with one attached hydrogen (secondary N) is 1. The molecular weight excluding hydrogens is 240 g/mol. The lowest BCUT2D eigenvalue weighted by molar-refractivity contribution is 0.505. The zero-order valence-electron chi connectivity index (χ0n) is 9.68. The van der Waals surface area contributed by atoms with E-state index in [2.05, 4.69) is 5.32 Å². The SMILES string of the molecule is CNCc1cc(-c2ccc(C)c(F)c2F)cs1. The number of thiophene rings is 1. The van der Waals surface area contributed by atoms with Crippen LogP contribution >= 0.6 is 11.3 Å². The van der Waals surface area contributed by atoms with Crippen LogP contribution in [0.5, 0.6) is 0 Å². The van der Waals surface area contributed by atoms with Crippen molar-refractivity contribution in [1.82, 2.24) is 5.32 Å². The van der Waals surface area contributed by atoms with E-state index in [0.29, 0.717) is 11.1 Å². The summed E-state index contributed by atoms with van der Waals surface area (Å²) >= 11 is 1.54. The van der Waals surface area contributed by atoms with Gasteiger partial charge in [-0.05, 0) is 36.5 Å². The molecule has 2 aromatic rings. The molecule has 0 saturated carbocycles. The Morgan fingerprint density at radius 1 is 1.24 bits per heavy atom.